The lowest BCUT2D eigenvalue weighted by molar-refractivity contribution is -0.144. The fourth-order valence-corrected chi connectivity index (χ4v) is 1.90. The van der Waals surface area contributed by atoms with Crippen molar-refractivity contribution in [3.05, 3.63) is 35.9 Å². The molecule has 6 heteroatoms. The van der Waals surface area contributed by atoms with Gasteiger partial charge in [-0.2, -0.15) is 5.26 Å². The van der Waals surface area contributed by atoms with Crippen LogP contribution >= 0.6 is 0 Å². The average Bonchev–Trinajstić information content (AvgIpc) is 2.48. The van der Waals surface area contributed by atoms with Crippen molar-refractivity contribution in [3.8, 4) is 6.07 Å². The summed E-state index contributed by atoms with van der Waals surface area (Å²) in [6.45, 7) is 1.60. The highest BCUT2D eigenvalue weighted by Crippen LogP contribution is 2.17. The van der Waals surface area contributed by atoms with Crippen LogP contribution < -0.4 is 5.32 Å². The Morgan fingerprint density at radius 3 is 2.48 bits per heavy atom. The second kappa shape index (κ2) is 8.02. The maximum Gasteiger partial charge on any atom is 0.326 e. The molecule has 0 bridgehead atoms. The first-order valence-corrected chi connectivity index (χ1v) is 6.50. The minimum atomic E-state index is -1.17. The van der Waals surface area contributed by atoms with Gasteiger partial charge in [0.05, 0.1) is 6.07 Å². The van der Waals surface area contributed by atoms with Crippen molar-refractivity contribution in [2.75, 3.05) is 7.11 Å². The van der Waals surface area contributed by atoms with Gasteiger partial charge in [0.2, 0.25) is 0 Å². The van der Waals surface area contributed by atoms with Crippen LogP contribution in [0.25, 0.3) is 0 Å². The highest BCUT2D eigenvalue weighted by Gasteiger charge is 2.27. The number of rotatable bonds is 7. The summed E-state index contributed by atoms with van der Waals surface area (Å²) in [5.41, 5.74) is 0.634. The Hall–Kier alpha value is -2.39. The molecule has 2 N–H and O–H groups in total. The van der Waals surface area contributed by atoms with Gasteiger partial charge in [-0.3, -0.25) is 4.79 Å². The van der Waals surface area contributed by atoms with Gasteiger partial charge in [-0.25, -0.2) is 4.79 Å². The molecule has 21 heavy (non-hydrogen) atoms. The number of hydrogen-bond donors (Lipinski definition) is 2. The highest BCUT2D eigenvalue weighted by molar-refractivity contribution is 5.87. The minimum Gasteiger partial charge on any atom is -0.480 e. The molecule has 0 heterocycles. The Morgan fingerprint density at radius 2 is 2.00 bits per heavy atom. The third-order valence-corrected chi connectivity index (χ3v) is 3.00. The van der Waals surface area contributed by atoms with Gasteiger partial charge in [-0.15, -0.1) is 0 Å². The third kappa shape index (κ3) is 4.89. The van der Waals surface area contributed by atoms with Gasteiger partial charge in [0, 0.05) is 13.0 Å². The van der Waals surface area contributed by atoms with E-state index >= 15 is 0 Å². The lowest BCUT2D eigenvalue weighted by Gasteiger charge is -2.20. The van der Waals surface area contributed by atoms with E-state index in [1.165, 1.54) is 7.11 Å². The predicted octanol–water partition coefficient (Wildman–Crippen LogP) is 1.49. The Labute approximate surface area is 123 Å². The number of amides is 1. The first-order valence-electron chi connectivity index (χ1n) is 6.50. The number of hydrogen-bond acceptors (Lipinski definition) is 4. The normalized spacial score (nSPS) is 14.5. The van der Waals surface area contributed by atoms with Crippen LogP contribution in [0.2, 0.25) is 0 Å². The van der Waals surface area contributed by atoms with E-state index in [9.17, 15) is 9.59 Å². The van der Waals surface area contributed by atoms with Crippen molar-refractivity contribution in [2.45, 2.75) is 25.5 Å². The van der Waals surface area contributed by atoms with E-state index in [0.29, 0.717) is 5.56 Å². The molecule has 112 valence electrons. The quantitative estimate of drug-likeness (QED) is 0.792. The summed E-state index contributed by atoms with van der Waals surface area (Å²) in [6, 6.07) is 9.62. The first kappa shape index (κ1) is 16.7. The van der Waals surface area contributed by atoms with Crippen molar-refractivity contribution in [1.82, 2.24) is 5.32 Å². The van der Waals surface area contributed by atoms with E-state index in [2.05, 4.69) is 5.32 Å². The molecule has 0 fully saturated rings. The molecule has 0 radical (unpaired) electrons. The zero-order valence-corrected chi connectivity index (χ0v) is 11.9. The molecule has 1 amide bonds. The standard InChI is InChI=1S/C15H18N2O4/c1-10(9-16)8-12(15(19)20)17-14(18)13(21-2)11-6-4-3-5-7-11/h3-7,10,12-13H,8H2,1-2H3,(H,17,18)(H,19,20)/t10-,12+,13+/m0/s1. The van der Waals surface area contributed by atoms with Crippen LogP contribution in [-0.4, -0.2) is 30.1 Å². The molecule has 1 aromatic carbocycles. The van der Waals surface area contributed by atoms with Crippen LogP contribution in [0.3, 0.4) is 0 Å². The number of nitriles is 1. The second-order valence-electron chi connectivity index (χ2n) is 4.69. The maximum absolute atomic E-state index is 12.2. The Morgan fingerprint density at radius 1 is 1.38 bits per heavy atom. The van der Waals surface area contributed by atoms with Crippen molar-refractivity contribution < 1.29 is 19.4 Å². The first-order chi connectivity index (χ1) is 9.99. The number of methoxy groups -OCH3 is 1. The molecule has 0 saturated heterocycles. The lowest BCUT2D eigenvalue weighted by Crippen LogP contribution is -2.44. The third-order valence-electron chi connectivity index (χ3n) is 3.00. The summed E-state index contributed by atoms with van der Waals surface area (Å²) in [5, 5.41) is 20.3. The van der Waals surface area contributed by atoms with E-state index < -0.39 is 29.9 Å². The highest BCUT2D eigenvalue weighted by atomic mass is 16.5. The van der Waals surface area contributed by atoms with Gasteiger partial charge in [0.1, 0.15) is 6.04 Å². The summed E-state index contributed by atoms with van der Waals surface area (Å²) in [5.74, 6) is -2.18. The van der Waals surface area contributed by atoms with E-state index in [0.717, 1.165) is 0 Å². The number of carboxylic acids is 1. The summed E-state index contributed by atoms with van der Waals surface area (Å²) >= 11 is 0. The van der Waals surface area contributed by atoms with Crippen molar-refractivity contribution >= 4 is 11.9 Å². The van der Waals surface area contributed by atoms with Crippen molar-refractivity contribution in [1.29, 1.82) is 5.26 Å². The van der Waals surface area contributed by atoms with Crippen LogP contribution in [0.1, 0.15) is 25.0 Å². The van der Waals surface area contributed by atoms with Crippen molar-refractivity contribution in [2.24, 2.45) is 5.92 Å². The molecule has 1 rings (SSSR count). The number of nitrogens with zero attached hydrogens (tertiary/aromatic N) is 1. The predicted molar refractivity (Wildman–Crippen MR) is 75.2 cm³/mol. The molecule has 1 aromatic rings. The van der Waals surface area contributed by atoms with Crippen LogP contribution in [0.4, 0.5) is 0 Å². The number of benzene rings is 1. The molecule has 0 unspecified atom stereocenters. The fourth-order valence-electron chi connectivity index (χ4n) is 1.90. The smallest absolute Gasteiger partial charge is 0.326 e. The number of nitrogens with one attached hydrogen (secondary N) is 1. The minimum absolute atomic E-state index is 0.0444. The molecule has 3 atom stereocenters. The Balaban J connectivity index is 2.80. The van der Waals surface area contributed by atoms with Gasteiger partial charge < -0.3 is 15.2 Å². The molecule has 6 nitrogen and oxygen atoms in total. The van der Waals surface area contributed by atoms with E-state index in [1.807, 2.05) is 12.1 Å². The number of carbonyl (C=O) groups excluding carboxylic acids is 1. The molecule has 0 aromatic heterocycles. The van der Waals surface area contributed by atoms with Gasteiger partial charge in [0.25, 0.3) is 5.91 Å². The zero-order valence-electron chi connectivity index (χ0n) is 11.9. The number of ether oxygens (including phenoxy) is 1. The largest absolute Gasteiger partial charge is 0.480 e. The molecule has 0 aliphatic heterocycles. The zero-order chi connectivity index (χ0) is 15.8. The monoisotopic (exact) mass is 290 g/mol. The summed E-state index contributed by atoms with van der Waals surface area (Å²) in [6.07, 6.45) is -0.839. The number of aliphatic carboxylic acids is 1. The molecule has 0 spiro atoms. The van der Waals surface area contributed by atoms with E-state index in [1.54, 1.807) is 31.2 Å². The van der Waals surface area contributed by atoms with Gasteiger partial charge in [-0.05, 0) is 18.9 Å². The van der Waals surface area contributed by atoms with Crippen LogP contribution in [-0.2, 0) is 14.3 Å². The van der Waals surface area contributed by atoms with E-state index in [-0.39, 0.29) is 6.42 Å². The van der Waals surface area contributed by atoms with Crippen LogP contribution in [0, 0.1) is 17.2 Å². The molecular weight excluding hydrogens is 272 g/mol. The van der Waals surface area contributed by atoms with Gasteiger partial charge >= 0.3 is 5.97 Å². The average molecular weight is 290 g/mol. The Bertz CT molecular complexity index is 524. The number of carbonyl (C=O) groups is 2. The number of carboxylic acid groups (broad SMARTS) is 1. The van der Waals surface area contributed by atoms with Crippen LogP contribution in [0.5, 0.6) is 0 Å². The molecule has 0 saturated carbocycles. The Kier molecular flexibility index (Phi) is 6.37. The summed E-state index contributed by atoms with van der Waals surface area (Å²) in [4.78, 5) is 23.3. The summed E-state index contributed by atoms with van der Waals surface area (Å²) in [7, 11) is 1.38. The summed E-state index contributed by atoms with van der Waals surface area (Å²) < 4.78 is 5.14. The molecule has 0 aliphatic carbocycles. The molecular formula is C15H18N2O4. The second-order valence-corrected chi connectivity index (χ2v) is 4.69. The van der Waals surface area contributed by atoms with Crippen molar-refractivity contribution in [3.63, 3.8) is 0 Å². The molecule has 0 aliphatic rings. The van der Waals surface area contributed by atoms with Crippen LogP contribution in [0.15, 0.2) is 30.3 Å². The van der Waals surface area contributed by atoms with Gasteiger partial charge in [-0.1, -0.05) is 30.3 Å². The maximum atomic E-state index is 12.2. The van der Waals surface area contributed by atoms with Gasteiger partial charge in [0.15, 0.2) is 6.10 Å². The lowest BCUT2D eigenvalue weighted by atomic mass is 10.0. The fraction of sp³-hybridized carbons (Fsp3) is 0.400. The topological polar surface area (TPSA) is 99.4 Å². The van der Waals surface area contributed by atoms with E-state index in [4.69, 9.17) is 15.1 Å². The SMILES string of the molecule is CO[C@@H](C(=O)N[C@H](C[C@H](C)C#N)C(=O)O)c1ccccc1.